The van der Waals surface area contributed by atoms with Crippen LogP contribution >= 0.6 is 15.9 Å². The molecule has 0 bridgehead atoms. The second-order valence-electron chi connectivity index (χ2n) is 8.01. The zero-order valence-electron chi connectivity index (χ0n) is 18.0. The molecule has 0 fully saturated rings. The summed E-state index contributed by atoms with van der Waals surface area (Å²) in [6, 6.07) is 15.0. The maximum absolute atomic E-state index is 12.1. The van der Waals surface area contributed by atoms with Crippen molar-refractivity contribution in [2.75, 3.05) is 11.9 Å². The van der Waals surface area contributed by atoms with Crippen LogP contribution < -0.4 is 16.0 Å². The number of amides is 3. The monoisotopic (exact) mass is 489 g/mol. The third-order valence-electron chi connectivity index (χ3n) is 4.05. The van der Waals surface area contributed by atoms with Crippen molar-refractivity contribution in [2.45, 2.75) is 45.8 Å². The topological polar surface area (TPSA) is 96.5 Å². The third-order valence-corrected chi connectivity index (χ3v) is 4.54. The van der Waals surface area contributed by atoms with Crippen LogP contribution in [0.1, 0.15) is 38.3 Å². The van der Waals surface area contributed by atoms with Crippen molar-refractivity contribution >= 4 is 39.5 Å². The van der Waals surface area contributed by atoms with Gasteiger partial charge in [-0.1, -0.05) is 40.2 Å². The maximum atomic E-state index is 12.1. The number of aryl methyl sites for hydroxylation is 1. The van der Waals surface area contributed by atoms with E-state index in [1.807, 2.05) is 36.4 Å². The number of hydrogen-bond donors (Lipinski definition) is 3. The van der Waals surface area contributed by atoms with Gasteiger partial charge in [0.05, 0.1) is 0 Å². The Morgan fingerprint density at radius 3 is 2.29 bits per heavy atom. The summed E-state index contributed by atoms with van der Waals surface area (Å²) in [5, 5.41) is 8.00. The average molecular weight is 490 g/mol. The summed E-state index contributed by atoms with van der Waals surface area (Å²) in [6.07, 6.45) is 0.441. The molecule has 0 saturated carbocycles. The van der Waals surface area contributed by atoms with Gasteiger partial charge in [-0.25, -0.2) is 4.79 Å². The van der Waals surface area contributed by atoms with Crippen LogP contribution in [0.15, 0.2) is 53.0 Å². The molecule has 0 saturated heterocycles. The fraction of sp³-hybridized carbons (Fsp3) is 0.348. The maximum Gasteiger partial charge on any atom is 0.408 e. The van der Waals surface area contributed by atoms with Crippen LogP contribution in [-0.4, -0.2) is 30.1 Å². The van der Waals surface area contributed by atoms with Crippen LogP contribution in [0.5, 0.6) is 0 Å². The number of benzene rings is 2. The zero-order valence-corrected chi connectivity index (χ0v) is 19.5. The van der Waals surface area contributed by atoms with E-state index >= 15 is 0 Å². The standard InChI is InChI=1S/C23H28BrN3O4/c1-23(2,3)31-22(30)26-15-21(29)27-19-10-7-17(8-11-19)14-25-20(28)12-9-16-5-4-6-18(24)13-16/h4-8,10-11,13H,9,12,14-15H2,1-3H3,(H,25,28)(H,26,30)(H,27,29). The van der Waals surface area contributed by atoms with Gasteiger partial charge in [-0.2, -0.15) is 0 Å². The van der Waals surface area contributed by atoms with Gasteiger partial charge in [0.15, 0.2) is 0 Å². The van der Waals surface area contributed by atoms with E-state index in [1.165, 1.54) is 0 Å². The largest absolute Gasteiger partial charge is 0.444 e. The number of hydrogen-bond acceptors (Lipinski definition) is 4. The molecule has 31 heavy (non-hydrogen) atoms. The predicted octanol–water partition coefficient (Wildman–Crippen LogP) is 4.16. The van der Waals surface area contributed by atoms with Gasteiger partial charge >= 0.3 is 6.09 Å². The summed E-state index contributed by atoms with van der Waals surface area (Å²) in [5.41, 5.74) is 2.00. The van der Waals surface area contributed by atoms with Gasteiger partial charge in [0.25, 0.3) is 0 Å². The number of ether oxygens (including phenoxy) is 1. The molecule has 0 aliphatic heterocycles. The lowest BCUT2D eigenvalue weighted by Crippen LogP contribution is -2.37. The number of halogens is 1. The van der Waals surface area contributed by atoms with E-state index in [-0.39, 0.29) is 18.4 Å². The molecule has 2 rings (SSSR count). The van der Waals surface area contributed by atoms with Gasteiger partial charge in [-0.3, -0.25) is 9.59 Å². The van der Waals surface area contributed by atoms with Crippen LogP contribution in [0.3, 0.4) is 0 Å². The number of carbonyl (C=O) groups is 3. The van der Waals surface area contributed by atoms with Crippen molar-refractivity contribution in [2.24, 2.45) is 0 Å². The highest BCUT2D eigenvalue weighted by Gasteiger charge is 2.16. The highest BCUT2D eigenvalue weighted by Crippen LogP contribution is 2.13. The molecule has 0 aliphatic rings. The molecule has 2 aromatic carbocycles. The van der Waals surface area contributed by atoms with Gasteiger partial charge in [-0.05, 0) is 62.6 Å². The smallest absolute Gasteiger partial charge is 0.408 e. The van der Waals surface area contributed by atoms with Crippen molar-refractivity contribution in [3.05, 3.63) is 64.1 Å². The minimum Gasteiger partial charge on any atom is -0.444 e. The molecule has 0 aliphatic carbocycles. The Hall–Kier alpha value is -2.87. The van der Waals surface area contributed by atoms with E-state index in [2.05, 4.69) is 31.9 Å². The van der Waals surface area contributed by atoms with Gasteiger partial charge in [0.1, 0.15) is 12.1 Å². The Balaban J connectivity index is 1.70. The van der Waals surface area contributed by atoms with E-state index in [4.69, 9.17) is 4.74 Å². The van der Waals surface area contributed by atoms with Crippen LogP contribution in [0.25, 0.3) is 0 Å². The van der Waals surface area contributed by atoms with E-state index in [9.17, 15) is 14.4 Å². The Kier molecular flexibility index (Phi) is 9.05. The summed E-state index contributed by atoms with van der Waals surface area (Å²) in [6.45, 7) is 5.47. The van der Waals surface area contributed by atoms with Crippen molar-refractivity contribution in [3.8, 4) is 0 Å². The van der Waals surface area contributed by atoms with Crippen molar-refractivity contribution < 1.29 is 19.1 Å². The molecule has 0 spiro atoms. The average Bonchev–Trinajstić information content (AvgIpc) is 2.69. The van der Waals surface area contributed by atoms with Crippen molar-refractivity contribution in [1.29, 1.82) is 0 Å². The van der Waals surface area contributed by atoms with E-state index in [1.54, 1.807) is 32.9 Å². The minimum absolute atomic E-state index is 0.0226. The van der Waals surface area contributed by atoms with Gasteiger partial charge in [0, 0.05) is 23.1 Å². The molecular weight excluding hydrogens is 462 g/mol. The molecule has 3 amide bonds. The molecule has 7 nitrogen and oxygen atoms in total. The summed E-state index contributed by atoms with van der Waals surface area (Å²) in [5.74, 6) is -0.384. The lowest BCUT2D eigenvalue weighted by Gasteiger charge is -2.19. The highest BCUT2D eigenvalue weighted by atomic mass is 79.9. The molecular formula is C23H28BrN3O4. The lowest BCUT2D eigenvalue weighted by molar-refractivity contribution is -0.121. The van der Waals surface area contributed by atoms with Crippen LogP contribution in [0.4, 0.5) is 10.5 Å². The Morgan fingerprint density at radius 2 is 1.65 bits per heavy atom. The van der Waals surface area contributed by atoms with E-state index in [0.717, 1.165) is 15.6 Å². The van der Waals surface area contributed by atoms with Gasteiger partial charge in [-0.15, -0.1) is 0 Å². The van der Waals surface area contributed by atoms with E-state index in [0.29, 0.717) is 25.1 Å². The first-order chi connectivity index (χ1) is 14.6. The van der Waals surface area contributed by atoms with Crippen LogP contribution in [0.2, 0.25) is 0 Å². The Morgan fingerprint density at radius 1 is 0.935 bits per heavy atom. The van der Waals surface area contributed by atoms with Crippen molar-refractivity contribution in [1.82, 2.24) is 10.6 Å². The predicted molar refractivity (Wildman–Crippen MR) is 124 cm³/mol. The molecule has 166 valence electrons. The second-order valence-corrected chi connectivity index (χ2v) is 8.92. The number of carbonyl (C=O) groups excluding carboxylic acids is 3. The SMILES string of the molecule is CC(C)(C)OC(=O)NCC(=O)Nc1ccc(CNC(=O)CCc2cccc(Br)c2)cc1. The van der Waals surface area contributed by atoms with Crippen molar-refractivity contribution in [3.63, 3.8) is 0 Å². The first kappa shape index (κ1) is 24.4. The summed E-state index contributed by atoms with van der Waals surface area (Å²) >= 11 is 3.43. The number of alkyl carbamates (subject to hydrolysis) is 1. The molecule has 3 N–H and O–H groups in total. The quantitative estimate of drug-likeness (QED) is 0.518. The molecule has 2 aromatic rings. The fourth-order valence-corrected chi connectivity index (χ4v) is 3.06. The second kappa shape index (κ2) is 11.5. The molecule has 8 heteroatoms. The fourth-order valence-electron chi connectivity index (χ4n) is 2.62. The number of nitrogens with one attached hydrogen (secondary N) is 3. The number of rotatable bonds is 8. The Labute approximate surface area is 191 Å². The summed E-state index contributed by atoms with van der Waals surface area (Å²) in [4.78, 5) is 35.6. The Bertz CT molecular complexity index is 908. The number of anilines is 1. The third kappa shape index (κ3) is 10.1. The zero-order chi connectivity index (χ0) is 22.9. The highest BCUT2D eigenvalue weighted by molar-refractivity contribution is 9.10. The molecule has 0 unspecified atom stereocenters. The molecule has 0 atom stereocenters. The minimum atomic E-state index is -0.645. The van der Waals surface area contributed by atoms with Crippen LogP contribution in [0, 0.1) is 0 Å². The normalized spacial score (nSPS) is 10.8. The van der Waals surface area contributed by atoms with E-state index < -0.39 is 11.7 Å². The molecule has 0 heterocycles. The first-order valence-electron chi connectivity index (χ1n) is 9.97. The summed E-state index contributed by atoms with van der Waals surface area (Å²) < 4.78 is 6.08. The summed E-state index contributed by atoms with van der Waals surface area (Å²) in [7, 11) is 0. The van der Waals surface area contributed by atoms with Gasteiger partial charge in [0.2, 0.25) is 11.8 Å². The lowest BCUT2D eigenvalue weighted by atomic mass is 10.1. The first-order valence-corrected chi connectivity index (χ1v) is 10.8. The van der Waals surface area contributed by atoms with Gasteiger partial charge < -0.3 is 20.7 Å². The van der Waals surface area contributed by atoms with Crippen LogP contribution in [-0.2, 0) is 27.3 Å². The molecule has 0 aromatic heterocycles. The molecule has 0 radical (unpaired) electrons.